The molecule has 5 heteroatoms. The molecule has 0 radical (unpaired) electrons. The van der Waals surface area contributed by atoms with Crippen LogP contribution in [0.5, 0.6) is 0 Å². The maximum atomic E-state index is 12.0. The van der Waals surface area contributed by atoms with E-state index in [4.69, 9.17) is 4.74 Å². The summed E-state index contributed by atoms with van der Waals surface area (Å²) >= 11 is 0. The van der Waals surface area contributed by atoms with E-state index in [0.29, 0.717) is 19.5 Å². The van der Waals surface area contributed by atoms with Gasteiger partial charge >= 0.3 is 12.1 Å². The number of hydrogen-bond acceptors (Lipinski definition) is 3. The molecule has 0 aromatic heterocycles. The van der Waals surface area contributed by atoms with Crippen LogP contribution in [0.2, 0.25) is 0 Å². The molecule has 2 rings (SSSR count). The first-order valence-corrected chi connectivity index (χ1v) is 7.10. The van der Waals surface area contributed by atoms with E-state index in [-0.39, 0.29) is 18.6 Å². The summed E-state index contributed by atoms with van der Waals surface area (Å²) in [6.07, 6.45) is 0.322. The van der Waals surface area contributed by atoms with Crippen molar-refractivity contribution in [2.45, 2.75) is 26.9 Å². The molecule has 1 aromatic carbocycles. The minimum Gasteiger partial charge on any atom is -0.481 e. The summed E-state index contributed by atoms with van der Waals surface area (Å²) in [5, 5.41) is 9.24. The van der Waals surface area contributed by atoms with Gasteiger partial charge in [-0.05, 0) is 31.7 Å². The first-order valence-electron chi connectivity index (χ1n) is 7.10. The molecule has 1 heterocycles. The zero-order valence-corrected chi connectivity index (χ0v) is 12.4. The quantitative estimate of drug-likeness (QED) is 0.926. The van der Waals surface area contributed by atoms with Crippen molar-refractivity contribution >= 4 is 12.1 Å². The Morgan fingerprint density at radius 2 is 2.00 bits per heavy atom. The van der Waals surface area contributed by atoms with Crippen LogP contribution in [-0.4, -0.2) is 35.2 Å². The molecule has 0 bridgehead atoms. The molecule has 1 amide bonds. The van der Waals surface area contributed by atoms with E-state index in [9.17, 15) is 14.7 Å². The van der Waals surface area contributed by atoms with Crippen LogP contribution in [0.3, 0.4) is 0 Å². The number of likely N-dealkylation sites (tertiary alicyclic amines) is 1. The number of carboxylic acid groups (broad SMARTS) is 1. The van der Waals surface area contributed by atoms with Crippen molar-refractivity contribution in [1.82, 2.24) is 4.90 Å². The zero-order chi connectivity index (χ0) is 15.5. The van der Waals surface area contributed by atoms with Crippen LogP contribution >= 0.6 is 0 Å². The molecule has 1 unspecified atom stereocenters. The highest BCUT2D eigenvalue weighted by molar-refractivity contribution is 5.74. The first-order chi connectivity index (χ1) is 9.91. The van der Waals surface area contributed by atoms with Crippen LogP contribution in [0.15, 0.2) is 30.3 Å². The van der Waals surface area contributed by atoms with Gasteiger partial charge in [0.1, 0.15) is 6.61 Å². The third kappa shape index (κ3) is 3.54. The lowest BCUT2D eigenvalue weighted by atomic mass is 9.78. The average molecular weight is 291 g/mol. The Morgan fingerprint density at radius 1 is 1.33 bits per heavy atom. The van der Waals surface area contributed by atoms with Crippen LogP contribution in [0.25, 0.3) is 0 Å². The van der Waals surface area contributed by atoms with Gasteiger partial charge in [0.05, 0.1) is 5.41 Å². The molecule has 5 nitrogen and oxygen atoms in total. The second kappa shape index (κ2) is 6.16. The average Bonchev–Trinajstić information content (AvgIpc) is 2.96. The fraction of sp³-hybridized carbons (Fsp3) is 0.500. The van der Waals surface area contributed by atoms with Gasteiger partial charge in [0.15, 0.2) is 0 Å². The summed E-state index contributed by atoms with van der Waals surface area (Å²) in [5.74, 6) is -0.869. The van der Waals surface area contributed by atoms with Crippen LogP contribution < -0.4 is 0 Å². The van der Waals surface area contributed by atoms with Gasteiger partial charge in [-0.15, -0.1) is 0 Å². The number of carbonyl (C=O) groups excluding carboxylic acids is 1. The molecule has 21 heavy (non-hydrogen) atoms. The molecule has 1 aliphatic heterocycles. The lowest BCUT2D eigenvalue weighted by Gasteiger charge is -2.26. The normalized spacial score (nSPS) is 18.6. The van der Waals surface area contributed by atoms with Gasteiger partial charge < -0.3 is 14.7 Å². The van der Waals surface area contributed by atoms with E-state index in [1.807, 2.05) is 30.3 Å². The Labute approximate surface area is 124 Å². The molecule has 1 fully saturated rings. The van der Waals surface area contributed by atoms with Crippen molar-refractivity contribution in [2.75, 3.05) is 13.1 Å². The Bertz CT molecular complexity index is 512. The SMILES string of the molecule is CC(C)(C(=O)O)C1CCN(C(=O)OCc2ccccc2)C1. The third-order valence-electron chi connectivity index (χ3n) is 4.22. The first kappa shape index (κ1) is 15.4. The summed E-state index contributed by atoms with van der Waals surface area (Å²) in [4.78, 5) is 24.9. The van der Waals surface area contributed by atoms with Gasteiger partial charge in [-0.3, -0.25) is 4.79 Å². The number of nitrogens with zero attached hydrogens (tertiary/aromatic N) is 1. The van der Waals surface area contributed by atoms with E-state index in [1.165, 1.54) is 0 Å². The molecule has 0 aliphatic carbocycles. The summed E-state index contributed by atoms with van der Waals surface area (Å²) in [5.41, 5.74) is 0.113. The highest BCUT2D eigenvalue weighted by Gasteiger charge is 2.42. The smallest absolute Gasteiger partial charge is 0.410 e. The minimum absolute atomic E-state index is 0.0423. The van der Waals surface area contributed by atoms with Crippen LogP contribution in [0.4, 0.5) is 4.79 Å². The minimum atomic E-state index is -0.827. The van der Waals surface area contributed by atoms with E-state index in [0.717, 1.165) is 5.56 Å². The van der Waals surface area contributed by atoms with Gasteiger partial charge in [-0.1, -0.05) is 30.3 Å². The molecule has 1 saturated heterocycles. The van der Waals surface area contributed by atoms with Crippen molar-refractivity contribution in [3.8, 4) is 0 Å². The number of benzene rings is 1. The second-order valence-electron chi connectivity index (χ2n) is 6.00. The van der Waals surface area contributed by atoms with Gasteiger partial charge in [-0.25, -0.2) is 4.79 Å². The fourth-order valence-corrected chi connectivity index (χ4v) is 2.50. The largest absolute Gasteiger partial charge is 0.481 e. The highest BCUT2D eigenvalue weighted by atomic mass is 16.6. The molecule has 0 saturated carbocycles. The lowest BCUT2D eigenvalue weighted by Crippen LogP contribution is -2.36. The predicted octanol–water partition coefficient (Wildman–Crippen LogP) is 2.76. The molecule has 1 atom stereocenters. The lowest BCUT2D eigenvalue weighted by molar-refractivity contribution is -0.149. The molecular formula is C16H21NO4. The summed E-state index contributed by atoms with van der Waals surface area (Å²) in [6, 6.07) is 9.49. The molecule has 1 aliphatic rings. The predicted molar refractivity (Wildman–Crippen MR) is 77.7 cm³/mol. The maximum absolute atomic E-state index is 12.0. The number of amides is 1. The van der Waals surface area contributed by atoms with Crippen molar-refractivity contribution in [3.05, 3.63) is 35.9 Å². The van der Waals surface area contributed by atoms with Crippen molar-refractivity contribution in [3.63, 3.8) is 0 Å². The van der Waals surface area contributed by atoms with Crippen LogP contribution in [0.1, 0.15) is 25.8 Å². The monoisotopic (exact) mass is 291 g/mol. The van der Waals surface area contributed by atoms with Gasteiger partial charge in [0.2, 0.25) is 0 Å². The number of carboxylic acids is 1. The van der Waals surface area contributed by atoms with Gasteiger partial charge in [0, 0.05) is 13.1 Å². The number of rotatable bonds is 4. The van der Waals surface area contributed by atoms with Crippen LogP contribution in [0, 0.1) is 11.3 Å². The van der Waals surface area contributed by atoms with Gasteiger partial charge in [0.25, 0.3) is 0 Å². The Morgan fingerprint density at radius 3 is 2.62 bits per heavy atom. The van der Waals surface area contributed by atoms with E-state index in [2.05, 4.69) is 0 Å². The van der Waals surface area contributed by atoms with E-state index < -0.39 is 11.4 Å². The summed E-state index contributed by atoms with van der Waals surface area (Å²) in [7, 11) is 0. The number of hydrogen-bond donors (Lipinski definition) is 1. The van der Waals surface area contributed by atoms with E-state index in [1.54, 1.807) is 18.7 Å². The highest BCUT2D eigenvalue weighted by Crippen LogP contribution is 2.34. The molecule has 114 valence electrons. The second-order valence-corrected chi connectivity index (χ2v) is 6.00. The van der Waals surface area contributed by atoms with Crippen molar-refractivity contribution in [1.29, 1.82) is 0 Å². The molecule has 1 N–H and O–H groups in total. The van der Waals surface area contributed by atoms with Crippen molar-refractivity contribution in [2.24, 2.45) is 11.3 Å². The Balaban J connectivity index is 1.87. The standard InChI is InChI=1S/C16H21NO4/c1-16(2,14(18)19)13-8-9-17(10-13)15(20)21-11-12-6-4-3-5-7-12/h3-7,13H,8-11H2,1-2H3,(H,18,19). The Hall–Kier alpha value is -2.04. The zero-order valence-electron chi connectivity index (χ0n) is 12.4. The van der Waals surface area contributed by atoms with E-state index >= 15 is 0 Å². The fourth-order valence-electron chi connectivity index (χ4n) is 2.50. The Kier molecular flexibility index (Phi) is 4.50. The molecule has 1 aromatic rings. The van der Waals surface area contributed by atoms with Gasteiger partial charge in [-0.2, -0.15) is 0 Å². The third-order valence-corrected chi connectivity index (χ3v) is 4.22. The molecular weight excluding hydrogens is 270 g/mol. The molecule has 0 spiro atoms. The topological polar surface area (TPSA) is 66.8 Å². The number of carbonyl (C=O) groups is 2. The number of ether oxygens (including phenoxy) is 1. The number of aliphatic carboxylic acids is 1. The van der Waals surface area contributed by atoms with Crippen molar-refractivity contribution < 1.29 is 19.4 Å². The maximum Gasteiger partial charge on any atom is 0.410 e. The summed E-state index contributed by atoms with van der Waals surface area (Å²) < 4.78 is 5.27. The summed E-state index contributed by atoms with van der Waals surface area (Å²) in [6.45, 7) is 4.64. The van der Waals surface area contributed by atoms with Crippen LogP contribution in [-0.2, 0) is 16.1 Å².